The molecule has 0 saturated heterocycles. The summed E-state index contributed by atoms with van der Waals surface area (Å²) in [7, 11) is 0. The Morgan fingerprint density at radius 2 is 1.20 bits per heavy atom. The molecule has 0 bridgehead atoms. The van der Waals surface area contributed by atoms with Crippen LogP contribution in [0.5, 0.6) is 0 Å². The van der Waals surface area contributed by atoms with E-state index in [4.69, 9.17) is 0 Å². The zero-order valence-corrected chi connectivity index (χ0v) is 32.7. The monoisotopic (exact) mass is 724 g/mol. The summed E-state index contributed by atoms with van der Waals surface area (Å²) in [5.74, 6) is 0.764. The summed E-state index contributed by atoms with van der Waals surface area (Å²) in [6, 6.07) is 35.2. The van der Waals surface area contributed by atoms with Gasteiger partial charge in [-0.15, -0.1) is 0 Å². The largest absolute Gasteiger partial charge is 1.00 e. The van der Waals surface area contributed by atoms with Gasteiger partial charge in [0.1, 0.15) is 0 Å². The van der Waals surface area contributed by atoms with E-state index < -0.39 is 21.3 Å². The van der Waals surface area contributed by atoms with E-state index in [9.17, 15) is 0 Å². The second-order valence-corrected chi connectivity index (χ2v) is 21.2. The number of hydrogen-bond acceptors (Lipinski definition) is 0. The van der Waals surface area contributed by atoms with E-state index in [2.05, 4.69) is 165 Å². The van der Waals surface area contributed by atoms with Crippen LogP contribution < -0.4 is 28.1 Å². The molecule has 0 radical (unpaired) electrons. The first-order chi connectivity index (χ1) is 20.9. The standard InChI is InChI=1S/C21H25.C17H18.C5H5.2ClH.Zr/c1-20(2,3)16-9-7-14-11-15-8-10-17(21(4,5)6)13-19(15)18(14)12-16;1-14(16-9-5-3-6-10-16)13-15(2)17-11-7-4-8-12-17;1-2-4-5-3-1;;;/h7,9-10,12-13H,11H2,1-6H3;3-12,14-15H,1-2H3;1-3H,4H2;2*1H;/q;;;;;+2/p-2. The van der Waals surface area contributed by atoms with Crippen LogP contribution in [0.15, 0.2) is 113 Å². The van der Waals surface area contributed by atoms with Gasteiger partial charge in [-0.2, -0.15) is 0 Å². The molecule has 0 aromatic heterocycles. The Kier molecular flexibility index (Phi) is 11.5. The van der Waals surface area contributed by atoms with Gasteiger partial charge in [-0.25, -0.2) is 0 Å². The zero-order valence-electron chi connectivity index (χ0n) is 28.7. The van der Waals surface area contributed by atoms with Gasteiger partial charge < -0.3 is 24.8 Å². The van der Waals surface area contributed by atoms with Crippen molar-refractivity contribution in [3.63, 3.8) is 0 Å². The van der Waals surface area contributed by atoms with Crippen LogP contribution >= 0.6 is 0 Å². The van der Waals surface area contributed by atoms with E-state index in [1.54, 1.807) is 15.3 Å². The van der Waals surface area contributed by atoms with E-state index >= 15 is 0 Å². The molecule has 2 aliphatic rings. The summed E-state index contributed by atoms with van der Waals surface area (Å²) in [6.07, 6.45) is 9.36. The summed E-state index contributed by atoms with van der Waals surface area (Å²) in [4.78, 5) is 0. The number of benzene rings is 4. The predicted octanol–water partition coefficient (Wildman–Crippen LogP) is 4.73. The third kappa shape index (κ3) is 7.23. The fourth-order valence-corrected chi connectivity index (χ4v) is 16.1. The molecule has 0 fully saturated rings. The van der Waals surface area contributed by atoms with Gasteiger partial charge in [0.2, 0.25) is 0 Å². The van der Waals surface area contributed by atoms with E-state index in [1.807, 2.05) is 0 Å². The van der Waals surface area contributed by atoms with Crippen molar-refractivity contribution >= 4 is 6.48 Å². The number of hydrogen-bond donors (Lipinski definition) is 0. The van der Waals surface area contributed by atoms with E-state index in [1.165, 1.54) is 38.9 Å². The Morgan fingerprint density at radius 1 is 0.652 bits per heavy atom. The first-order valence-corrected chi connectivity index (χ1v) is 20.1. The van der Waals surface area contributed by atoms with Crippen LogP contribution in [0, 0.1) is 0 Å². The van der Waals surface area contributed by atoms with Gasteiger partial charge in [0.05, 0.1) is 0 Å². The molecule has 4 aromatic carbocycles. The molecule has 0 nitrogen and oxygen atoms in total. The molecule has 0 spiro atoms. The Balaban J connectivity index is 0.00000240. The second kappa shape index (κ2) is 14.4. The fraction of sp³-hybridized carbons (Fsp3) is 0.326. The molecule has 0 aliphatic heterocycles. The molecular formula is C43H48Cl2Zr. The molecule has 0 saturated carbocycles. The normalized spacial score (nSPS) is 14.5. The minimum Gasteiger partial charge on any atom is -1.00 e. The van der Waals surface area contributed by atoms with Crippen molar-refractivity contribution in [2.45, 2.75) is 90.9 Å². The van der Waals surface area contributed by atoms with Crippen LogP contribution in [0.25, 0.3) is 11.1 Å². The number of halogens is 2. The fourth-order valence-electron chi connectivity index (χ4n) is 7.19. The van der Waals surface area contributed by atoms with Gasteiger partial charge in [0.25, 0.3) is 0 Å². The third-order valence-corrected chi connectivity index (χ3v) is 18.4. The van der Waals surface area contributed by atoms with Crippen LogP contribution in [0.1, 0.15) is 107 Å². The van der Waals surface area contributed by atoms with Crippen LogP contribution in [0.3, 0.4) is 0 Å². The van der Waals surface area contributed by atoms with E-state index in [0.717, 1.165) is 12.8 Å². The van der Waals surface area contributed by atoms with Gasteiger partial charge in [-0.3, -0.25) is 0 Å². The zero-order chi connectivity index (χ0) is 31.2. The van der Waals surface area contributed by atoms with Crippen molar-refractivity contribution in [2.24, 2.45) is 0 Å². The molecule has 2 aliphatic carbocycles. The van der Waals surface area contributed by atoms with Gasteiger partial charge in [0.15, 0.2) is 0 Å². The van der Waals surface area contributed by atoms with Crippen LogP contribution in [0.2, 0.25) is 0 Å². The van der Waals surface area contributed by atoms with Crippen molar-refractivity contribution < 1.29 is 46.1 Å². The smallest absolute Gasteiger partial charge is 1.00 e. The van der Waals surface area contributed by atoms with Crippen LogP contribution in [0.4, 0.5) is 0 Å². The van der Waals surface area contributed by atoms with Gasteiger partial charge >= 0.3 is 276 Å². The number of allylic oxidation sites excluding steroid dienone is 4. The minimum atomic E-state index is -2.67. The topological polar surface area (TPSA) is 0 Å². The maximum absolute atomic E-state index is 2.68. The Labute approximate surface area is 298 Å². The first-order valence-electron chi connectivity index (χ1n) is 16.4. The van der Waals surface area contributed by atoms with Crippen LogP contribution in [-0.2, 0) is 38.5 Å². The molecule has 3 heteroatoms. The summed E-state index contributed by atoms with van der Waals surface area (Å²) in [5, 5.41) is 0. The van der Waals surface area contributed by atoms with Crippen molar-refractivity contribution in [3.8, 4) is 11.1 Å². The molecule has 6 rings (SSSR count). The molecule has 0 N–H and O–H groups in total. The molecule has 0 amide bonds. The maximum atomic E-state index is 2.68. The molecule has 2 unspecified atom stereocenters. The molecular weight excluding hydrogens is 679 g/mol. The number of fused-ring (bicyclic) bond motifs is 3. The Morgan fingerprint density at radius 3 is 1.70 bits per heavy atom. The van der Waals surface area contributed by atoms with Crippen molar-refractivity contribution in [3.05, 3.63) is 146 Å². The molecule has 0 heterocycles. The Bertz CT molecular complexity index is 1730. The summed E-state index contributed by atoms with van der Waals surface area (Å²) in [6.45, 7) is 19.2. The average Bonchev–Trinajstić information content (AvgIpc) is 3.67. The maximum Gasteiger partial charge on any atom is -1.00 e. The van der Waals surface area contributed by atoms with Crippen molar-refractivity contribution in [1.82, 2.24) is 0 Å². The quantitative estimate of drug-likeness (QED) is 0.238. The first kappa shape index (κ1) is 36.5. The molecule has 238 valence electrons. The molecule has 4 aromatic rings. The van der Waals surface area contributed by atoms with Crippen molar-refractivity contribution in [2.75, 3.05) is 0 Å². The Hall–Kier alpha value is -2.31. The van der Waals surface area contributed by atoms with Crippen LogP contribution in [-0.4, -0.2) is 3.21 Å². The van der Waals surface area contributed by atoms with Crippen molar-refractivity contribution in [1.29, 1.82) is 0 Å². The SMILES string of the molecule is CC([C](C(C)c1ccccc1)=[Zr+2]([C]1=CC=CC1)[c]1cc(C(C)(C)C)cc2c1Cc1ccc(C(C)(C)C)cc1-2)c1ccccc1.[Cl-].[Cl-]. The third-order valence-electron chi connectivity index (χ3n) is 9.93. The summed E-state index contributed by atoms with van der Waals surface area (Å²) in [5.41, 5.74) is 12.1. The van der Waals surface area contributed by atoms with E-state index in [0.29, 0.717) is 11.8 Å². The summed E-state index contributed by atoms with van der Waals surface area (Å²) < 4.78 is 5.21. The van der Waals surface area contributed by atoms with Gasteiger partial charge in [-0.05, 0) is 0 Å². The average molecular weight is 727 g/mol. The van der Waals surface area contributed by atoms with E-state index in [-0.39, 0.29) is 35.6 Å². The second-order valence-electron chi connectivity index (χ2n) is 15.0. The summed E-state index contributed by atoms with van der Waals surface area (Å²) >= 11 is -2.67. The minimum absolute atomic E-state index is 0. The molecule has 2 atom stereocenters. The predicted molar refractivity (Wildman–Crippen MR) is 188 cm³/mol. The molecule has 46 heavy (non-hydrogen) atoms. The number of rotatable bonds is 6. The van der Waals surface area contributed by atoms with Gasteiger partial charge in [-0.1, -0.05) is 0 Å². The van der Waals surface area contributed by atoms with Gasteiger partial charge in [0, 0.05) is 0 Å².